The first kappa shape index (κ1) is 21.0. The number of nitriles is 1. The Morgan fingerprint density at radius 3 is 2.90 bits per heavy atom. The molecule has 4 rings (SSSR count). The number of pyridine rings is 1. The highest BCUT2D eigenvalue weighted by atomic mass is 79.9. The molecule has 0 saturated carbocycles. The maximum atomic E-state index is 9.92. The van der Waals surface area contributed by atoms with Crippen molar-refractivity contribution in [1.29, 1.82) is 5.26 Å². The molecule has 0 N–H and O–H groups in total. The SMILES string of the molecule is CN(C)/C=N/c1sc2c(c1C#N)[C@@](C)(c1nc(-c3cc(Br)cc(Cl)n3)no1)CCC2. The van der Waals surface area contributed by atoms with Crippen molar-refractivity contribution in [2.24, 2.45) is 4.99 Å². The second-order valence-electron chi connectivity index (χ2n) is 7.50. The molecule has 30 heavy (non-hydrogen) atoms. The molecule has 0 aliphatic heterocycles. The molecule has 0 spiro atoms. The Balaban J connectivity index is 1.80. The van der Waals surface area contributed by atoms with E-state index in [2.05, 4.69) is 49.0 Å². The lowest BCUT2D eigenvalue weighted by Gasteiger charge is -2.30. The van der Waals surface area contributed by atoms with Crippen molar-refractivity contribution < 1.29 is 4.52 Å². The van der Waals surface area contributed by atoms with Crippen LogP contribution in [0.4, 0.5) is 5.00 Å². The van der Waals surface area contributed by atoms with E-state index in [0.29, 0.717) is 33.1 Å². The highest BCUT2D eigenvalue weighted by molar-refractivity contribution is 9.10. The third-order valence-electron chi connectivity index (χ3n) is 5.00. The number of halogens is 2. The quantitative estimate of drug-likeness (QED) is 0.270. The Kier molecular flexibility index (Phi) is 5.66. The summed E-state index contributed by atoms with van der Waals surface area (Å²) in [4.78, 5) is 16.4. The van der Waals surface area contributed by atoms with Gasteiger partial charge in [0.2, 0.25) is 11.7 Å². The van der Waals surface area contributed by atoms with Crippen LogP contribution in [0, 0.1) is 11.3 Å². The first-order valence-corrected chi connectivity index (χ1v) is 11.2. The van der Waals surface area contributed by atoms with Crippen molar-refractivity contribution in [2.75, 3.05) is 14.1 Å². The molecule has 0 unspecified atom stereocenters. The Morgan fingerprint density at radius 2 is 2.20 bits per heavy atom. The van der Waals surface area contributed by atoms with Gasteiger partial charge < -0.3 is 9.42 Å². The topological polar surface area (TPSA) is 91.2 Å². The van der Waals surface area contributed by atoms with Gasteiger partial charge in [-0.1, -0.05) is 32.7 Å². The lowest BCUT2D eigenvalue weighted by molar-refractivity contribution is 0.300. The maximum absolute atomic E-state index is 9.92. The van der Waals surface area contributed by atoms with Gasteiger partial charge in [-0.3, -0.25) is 0 Å². The van der Waals surface area contributed by atoms with Gasteiger partial charge in [0.05, 0.1) is 17.3 Å². The lowest BCUT2D eigenvalue weighted by atomic mass is 9.72. The number of fused-ring (bicyclic) bond motifs is 1. The summed E-state index contributed by atoms with van der Waals surface area (Å²) in [5.41, 5.74) is 1.48. The smallest absolute Gasteiger partial charge is 0.237 e. The summed E-state index contributed by atoms with van der Waals surface area (Å²) in [5, 5.41) is 15.1. The third kappa shape index (κ3) is 3.75. The molecule has 10 heteroatoms. The summed E-state index contributed by atoms with van der Waals surface area (Å²) < 4.78 is 6.47. The lowest BCUT2D eigenvalue weighted by Crippen LogP contribution is -2.29. The van der Waals surface area contributed by atoms with Gasteiger partial charge in [-0.15, -0.1) is 11.3 Å². The third-order valence-corrected chi connectivity index (χ3v) is 6.81. The van der Waals surface area contributed by atoms with Crippen LogP contribution in [-0.4, -0.2) is 40.5 Å². The Hall–Kier alpha value is -2.28. The molecule has 0 fully saturated rings. The first-order chi connectivity index (χ1) is 14.3. The molecule has 0 aromatic carbocycles. The molecular weight excluding hydrogens is 488 g/mol. The summed E-state index contributed by atoms with van der Waals surface area (Å²) in [7, 11) is 3.80. The zero-order chi connectivity index (χ0) is 21.5. The number of nitrogens with zero attached hydrogens (tertiary/aromatic N) is 6. The van der Waals surface area contributed by atoms with Crippen LogP contribution in [0.3, 0.4) is 0 Å². The number of aryl methyl sites for hydroxylation is 1. The molecule has 3 aromatic heterocycles. The van der Waals surface area contributed by atoms with E-state index in [0.717, 1.165) is 34.2 Å². The van der Waals surface area contributed by atoms with Gasteiger partial charge in [-0.05, 0) is 38.3 Å². The zero-order valence-electron chi connectivity index (χ0n) is 16.6. The van der Waals surface area contributed by atoms with Crippen LogP contribution in [-0.2, 0) is 11.8 Å². The van der Waals surface area contributed by atoms with Crippen molar-refractivity contribution in [2.45, 2.75) is 31.6 Å². The normalized spacial score (nSPS) is 18.4. The molecule has 1 aliphatic rings. The fourth-order valence-electron chi connectivity index (χ4n) is 3.66. The molecular formula is C20H18BrClN6OS. The van der Waals surface area contributed by atoms with E-state index in [1.807, 2.05) is 19.0 Å². The minimum absolute atomic E-state index is 0.338. The van der Waals surface area contributed by atoms with Gasteiger partial charge in [0, 0.05) is 29.0 Å². The minimum atomic E-state index is -0.567. The fourth-order valence-corrected chi connectivity index (χ4v) is 5.69. The average molecular weight is 506 g/mol. The highest BCUT2D eigenvalue weighted by Gasteiger charge is 2.43. The second-order valence-corrected chi connectivity index (χ2v) is 9.89. The largest absolute Gasteiger partial charge is 0.369 e. The van der Waals surface area contributed by atoms with Crippen LogP contribution in [0.15, 0.2) is 26.1 Å². The average Bonchev–Trinajstić information content (AvgIpc) is 3.31. The Bertz CT molecular complexity index is 1160. The Labute approximate surface area is 191 Å². The predicted molar refractivity (Wildman–Crippen MR) is 121 cm³/mol. The van der Waals surface area contributed by atoms with Crippen molar-refractivity contribution in [3.63, 3.8) is 0 Å². The van der Waals surface area contributed by atoms with Crippen LogP contribution in [0.1, 0.15) is 41.7 Å². The number of hydrogen-bond donors (Lipinski definition) is 0. The monoisotopic (exact) mass is 504 g/mol. The number of hydrogen-bond acceptors (Lipinski definition) is 7. The summed E-state index contributed by atoms with van der Waals surface area (Å²) in [5.74, 6) is 0.829. The molecule has 0 saturated heterocycles. The van der Waals surface area contributed by atoms with Crippen LogP contribution in [0.5, 0.6) is 0 Å². The van der Waals surface area contributed by atoms with Crippen LogP contribution < -0.4 is 0 Å². The van der Waals surface area contributed by atoms with E-state index in [1.165, 1.54) is 0 Å². The van der Waals surface area contributed by atoms with E-state index in [9.17, 15) is 5.26 Å². The van der Waals surface area contributed by atoms with Gasteiger partial charge in [0.1, 0.15) is 21.9 Å². The minimum Gasteiger partial charge on any atom is -0.369 e. The fraction of sp³-hybridized carbons (Fsp3) is 0.350. The highest BCUT2D eigenvalue weighted by Crippen LogP contribution is 2.50. The molecule has 1 aliphatic carbocycles. The van der Waals surface area contributed by atoms with Crippen LogP contribution >= 0.6 is 38.9 Å². The molecule has 0 radical (unpaired) electrons. The van der Waals surface area contributed by atoms with Gasteiger partial charge in [0.25, 0.3) is 0 Å². The molecule has 0 amide bonds. The Morgan fingerprint density at radius 1 is 1.40 bits per heavy atom. The second kappa shape index (κ2) is 8.10. The van der Waals surface area contributed by atoms with E-state index < -0.39 is 5.41 Å². The van der Waals surface area contributed by atoms with Gasteiger partial charge in [-0.2, -0.15) is 10.2 Å². The number of aliphatic imine (C=N–C) groups is 1. The number of thiophene rings is 1. The summed E-state index contributed by atoms with van der Waals surface area (Å²) in [6.45, 7) is 2.05. The van der Waals surface area contributed by atoms with Gasteiger partial charge >= 0.3 is 0 Å². The number of rotatable bonds is 4. The first-order valence-electron chi connectivity index (χ1n) is 9.26. The predicted octanol–water partition coefficient (Wildman–Crippen LogP) is 5.34. The van der Waals surface area contributed by atoms with Crippen LogP contribution in [0.25, 0.3) is 11.5 Å². The van der Waals surface area contributed by atoms with E-state index in [1.54, 1.807) is 29.8 Å². The maximum Gasteiger partial charge on any atom is 0.237 e. The number of aromatic nitrogens is 3. The molecule has 3 aromatic rings. The van der Waals surface area contributed by atoms with Crippen molar-refractivity contribution in [3.8, 4) is 17.6 Å². The molecule has 7 nitrogen and oxygen atoms in total. The van der Waals surface area contributed by atoms with Crippen molar-refractivity contribution >= 4 is 50.2 Å². The molecule has 0 bridgehead atoms. The van der Waals surface area contributed by atoms with E-state index in [-0.39, 0.29) is 0 Å². The molecule has 154 valence electrons. The summed E-state index contributed by atoms with van der Waals surface area (Å²) in [6, 6.07) is 5.84. The summed E-state index contributed by atoms with van der Waals surface area (Å²) in [6.07, 6.45) is 4.38. The van der Waals surface area contributed by atoms with Crippen LogP contribution in [0.2, 0.25) is 5.15 Å². The standard InChI is InChI=1S/C20H18BrClN6OS/c1-20(19-26-17(27-29-19)13-7-11(21)8-15(22)25-13)6-4-5-14-16(20)12(9-23)18(30-14)24-10-28(2)3/h7-8,10H,4-6H2,1-3H3/b24-10+/t20-/m0/s1. The summed E-state index contributed by atoms with van der Waals surface area (Å²) >= 11 is 11.0. The van der Waals surface area contributed by atoms with E-state index in [4.69, 9.17) is 16.1 Å². The van der Waals surface area contributed by atoms with Crippen molar-refractivity contribution in [1.82, 2.24) is 20.0 Å². The van der Waals surface area contributed by atoms with Gasteiger partial charge in [-0.25, -0.2) is 9.98 Å². The van der Waals surface area contributed by atoms with E-state index >= 15 is 0 Å². The van der Waals surface area contributed by atoms with Gasteiger partial charge in [0.15, 0.2) is 0 Å². The molecule has 1 atom stereocenters. The zero-order valence-corrected chi connectivity index (χ0v) is 19.8. The molecule has 3 heterocycles. The van der Waals surface area contributed by atoms with Crippen molar-refractivity contribution in [3.05, 3.63) is 43.7 Å².